The maximum absolute atomic E-state index is 9.00. The average Bonchev–Trinajstić information content (AvgIpc) is 2.83. The fourth-order valence-corrected chi connectivity index (χ4v) is 3.25. The molecule has 5 heteroatoms. The summed E-state index contributed by atoms with van der Waals surface area (Å²) < 4.78 is 2.02. The number of hydrogen-bond acceptors (Lipinski definition) is 4. The van der Waals surface area contributed by atoms with E-state index in [9.17, 15) is 0 Å². The molecule has 0 saturated heterocycles. The summed E-state index contributed by atoms with van der Waals surface area (Å²) in [5, 5.41) is 18.3. The molecule has 0 amide bonds. The molecule has 0 aliphatic rings. The molecule has 0 unspecified atom stereocenters. The maximum atomic E-state index is 9.00. The smallest absolute Gasteiger partial charge is 0.105 e. The summed E-state index contributed by atoms with van der Waals surface area (Å²) in [6.45, 7) is 6.17. The van der Waals surface area contributed by atoms with Gasteiger partial charge >= 0.3 is 0 Å². The Morgan fingerprint density at radius 3 is 2.71 bits per heavy atom. The van der Waals surface area contributed by atoms with Crippen LogP contribution in [0, 0.1) is 6.92 Å². The Morgan fingerprint density at radius 2 is 2.05 bits per heavy atom. The number of rotatable bonds is 8. The van der Waals surface area contributed by atoms with E-state index in [0.717, 1.165) is 36.6 Å². The van der Waals surface area contributed by atoms with Gasteiger partial charge in [0, 0.05) is 24.5 Å². The topological polar surface area (TPSA) is 50.1 Å². The predicted molar refractivity (Wildman–Crippen MR) is 88.1 cm³/mol. The lowest BCUT2D eigenvalue weighted by Crippen LogP contribution is -2.13. The number of aliphatic hydroxyl groups is 1. The molecule has 114 valence electrons. The van der Waals surface area contributed by atoms with E-state index in [4.69, 9.17) is 10.2 Å². The number of aryl methyl sites for hydroxylation is 1. The van der Waals surface area contributed by atoms with Crippen molar-refractivity contribution in [2.45, 2.75) is 31.8 Å². The van der Waals surface area contributed by atoms with Gasteiger partial charge in [-0.3, -0.25) is 0 Å². The molecule has 2 aromatic rings. The second-order valence-electron chi connectivity index (χ2n) is 4.82. The molecule has 0 saturated carbocycles. The van der Waals surface area contributed by atoms with Crippen LogP contribution in [0.25, 0.3) is 5.69 Å². The van der Waals surface area contributed by atoms with Crippen LogP contribution in [-0.2, 0) is 6.54 Å². The van der Waals surface area contributed by atoms with Gasteiger partial charge in [0.15, 0.2) is 0 Å². The predicted octanol–water partition coefficient (Wildman–Crippen LogP) is 2.76. The monoisotopic (exact) mass is 305 g/mol. The van der Waals surface area contributed by atoms with Crippen molar-refractivity contribution in [3.05, 3.63) is 41.6 Å². The summed E-state index contributed by atoms with van der Waals surface area (Å²) in [4.78, 5) is 0. The molecule has 0 radical (unpaired) electrons. The highest BCUT2D eigenvalue weighted by atomic mass is 32.2. The summed E-state index contributed by atoms with van der Waals surface area (Å²) in [7, 11) is 0. The average molecular weight is 305 g/mol. The van der Waals surface area contributed by atoms with E-state index in [1.54, 1.807) is 11.8 Å². The van der Waals surface area contributed by atoms with Crippen molar-refractivity contribution in [2.24, 2.45) is 0 Å². The standard InChI is InChI=1S/C16H23N3OS/c1-3-17-12-15-13(2)18-19(14-8-5-4-6-9-14)16(15)21-11-7-10-20/h4-6,8-9,17,20H,3,7,10-12H2,1-2H3. The van der Waals surface area contributed by atoms with Gasteiger partial charge in [0.1, 0.15) is 5.03 Å². The lowest BCUT2D eigenvalue weighted by Gasteiger charge is -2.09. The zero-order valence-electron chi connectivity index (χ0n) is 12.7. The molecule has 0 atom stereocenters. The summed E-state index contributed by atoms with van der Waals surface area (Å²) in [6, 6.07) is 10.2. The van der Waals surface area contributed by atoms with Crippen molar-refractivity contribution in [3.63, 3.8) is 0 Å². The molecule has 1 aromatic carbocycles. The fraction of sp³-hybridized carbons (Fsp3) is 0.438. The SMILES string of the molecule is CCNCc1c(C)nn(-c2ccccc2)c1SCCCO. The Hall–Kier alpha value is -1.30. The van der Waals surface area contributed by atoms with Crippen LogP contribution in [-0.4, -0.2) is 33.8 Å². The van der Waals surface area contributed by atoms with Crippen LogP contribution in [0.15, 0.2) is 35.4 Å². The molecule has 0 fully saturated rings. The van der Waals surface area contributed by atoms with Crippen molar-refractivity contribution >= 4 is 11.8 Å². The Balaban J connectivity index is 2.34. The van der Waals surface area contributed by atoms with Crippen LogP contribution in [0.1, 0.15) is 24.6 Å². The van der Waals surface area contributed by atoms with Gasteiger partial charge < -0.3 is 10.4 Å². The highest BCUT2D eigenvalue weighted by molar-refractivity contribution is 7.99. The second kappa shape index (κ2) is 8.22. The van der Waals surface area contributed by atoms with Crippen LogP contribution >= 0.6 is 11.8 Å². The summed E-state index contributed by atoms with van der Waals surface area (Å²) in [5.41, 5.74) is 3.39. The van der Waals surface area contributed by atoms with Crippen molar-refractivity contribution in [1.29, 1.82) is 0 Å². The van der Waals surface area contributed by atoms with Gasteiger partial charge in [0.2, 0.25) is 0 Å². The van der Waals surface area contributed by atoms with Gasteiger partial charge in [-0.2, -0.15) is 5.10 Å². The first-order valence-corrected chi connectivity index (χ1v) is 8.34. The first-order valence-electron chi connectivity index (χ1n) is 7.36. The van der Waals surface area contributed by atoms with E-state index in [1.165, 1.54) is 10.6 Å². The zero-order valence-corrected chi connectivity index (χ0v) is 13.5. The third-order valence-electron chi connectivity index (χ3n) is 3.23. The Morgan fingerprint density at radius 1 is 1.29 bits per heavy atom. The molecule has 0 aliphatic carbocycles. The molecule has 0 bridgehead atoms. The van der Waals surface area contributed by atoms with Crippen molar-refractivity contribution in [2.75, 3.05) is 18.9 Å². The molecule has 2 rings (SSSR count). The molecule has 2 N–H and O–H groups in total. The number of thioether (sulfide) groups is 1. The molecule has 1 heterocycles. The number of hydrogen-bond donors (Lipinski definition) is 2. The largest absolute Gasteiger partial charge is 0.396 e. The quantitative estimate of drug-likeness (QED) is 0.581. The van der Waals surface area contributed by atoms with E-state index in [2.05, 4.69) is 31.3 Å². The lowest BCUT2D eigenvalue weighted by molar-refractivity contribution is 0.296. The molecular formula is C16H23N3OS. The molecule has 0 spiro atoms. The molecule has 1 aromatic heterocycles. The second-order valence-corrected chi connectivity index (χ2v) is 5.91. The summed E-state index contributed by atoms with van der Waals surface area (Å²) in [5.74, 6) is 0.896. The van der Waals surface area contributed by atoms with E-state index in [1.807, 2.05) is 22.9 Å². The fourth-order valence-electron chi connectivity index (χ4n) is 2.12. The first-order chi connectivity index (χ1) is 10.3. The number of nitrogens with zero attached hydrogens (tertiary/aromatic N) is 2. The lowest BCUT2D eigenvalue weighted by atomic mass is 10.2. The summed E-state index contributed by atoms with van der Waals surface area (Å²) in [6.07, 6.45) is 0.796. The van der Waals surface area contributed by atoms with E-state index < -0.39 is 0 Å². The minimum Gasteiger partial charge on any atom is -0.396 e. The van der Waals surface area contributed by atoms with Crippen molar-refractivity contribution < 1.29 is 5.11 Å². The van der Waals surface area contributed by atoms with Gasteiger partial charge in [0.25, 0.3) is 0 Å². The van der Waals surface area contributed by atoms with Gasteiger partial charge in [-0.05, 0) is 32.0 Å². The van der Waals surface area contributed by atoms with Crippen LogP contribution in [0.3, 0.4) is 0 Å². The molecular weight excluding hydrogens is 282 g/mol. The van der Waals surface area contributed by atoms with E-state index in [0.29, 0.717) is 0 Å². The minimum absolute atomic E-state index is 0.230. The third-order valence-corrected chi connectivity index (χ3v) is 4.42. The Kier molecular flexibility index (Phi) is 6.29. The summed E-state index contributed by atoms with van der Waals surface area (Å²) >= 11 is 1.76. The first kappa shape index (κ1) is 16.1. The third kappa shape index (κ3) is 4.09. The number of benzene rings is 1. The highest BCUT2D eigenvalue weighted by Crippen LogP contribution is 2.28. The highest BCUT2D eigenvalue weighted by Gasteiger charge is 2.16. The number of nitrogens with one attached hydrogen (secondary N) is 1. The zero-order chi connectivity index (χ0) is 15.1. The van der Waals surface area contributed by atoms with E-state index >= 15 is 0 Å². The Bertz CT molecular complexity index is 554. The van der Waals surface area contributed by atoms with Crippen LogP contribution in [0.5, 0.6) is 0 Å². The molecule has 21 heavy (non-hydrogen) atoms. The molecule has 4 nitrogen and oxygen atoms in total. The van der Waals surface area contributed by atoms with Gasteiger partial charge in [-0.25, -0.2) is 4.68 Å². The van der Waals surface area contributed by atoms with Gasteiger partial charge in [-0.1, -0.05) is 25.1 Å². The number of aromatic nitrogens is 2. The normalized spacial score (nSPS) is 11.0. The minimum atomic E-state index is 0.230. The molecule has 0 aliphatic heterocycles. The van der Waals surface area contributed by atoms with E-state index in [-0.39, 0.29) is 6.61 Å². The van der Waals surface area contributed by atoms with Crippen LogP contribution < -0.4 is 5.32 Å². The van der Waals surface area contributed by atoms with Gasteiger partial charge in [-0.15, -0.1) is 11.8 Å². The Labute approximate surface area is 130 Å². The number of para-hydroxylation sites is 1. The van der Waals surface area contributed by atoms with Crippen molar-refractivity contribution in [3.8, 4) is 5.69 Å². The number of aliphatic hydroxyl groups excluding tert-OH is 1. The van der Waals surface area contributed by atoms with Crippen molar-refractivity contribution in [1.82, 2.24) is 15.1 Å². The van der Waals surface area contributed by atoms with Crippen LogP contribution in [0.4, 0.5) is 0 Å². The maximum Gasteiger partial charge on any atom is 0.105 e. The van der Waals surface area contributed by atoms with Gasteiger partial charge in [0.05, 0.1) is 11.4 Å². The van der Waals surface area contributed by atoms with Crippen LogP contribution in [0.2, 0.25) is 0 Å².